The number of halogens is 1. The Morgan fingerprint density at radius 2 is 1.78 bits per heavy atom. The monoisotopic (exact) mass is 386 g/mol. The average molecular weight is 387 g/mol. The minimum absolute atomic E-state index is 0. The summed E-state index contributed by atoms with van der Waals surface area (Å²) in [7, 11) is 1.43. The van der Waals surface area contributed by atoms with Gasteiger partial charge in [0.2, 0.25) is 0 Å². The number of pyridine rings is 1. The molecule has 0 N–H and O–H groups in total. The largest absolute Gasteiger partial charge is 0.469 e. The molecule has 0 spiro atoms. The molecule has 0 radical (unpaired) electrons. The normalized spacial score (nSPS) is 15.4. The molecule has 1 saturated heterocycles. The molecule has 1 aromatic carbocycles. The van der Waals surface area contributed by atoms with Crippen LogP contribution in [-0.2, 0) is 35.2 Å². The molecule has 1 aliphatic heterocycles. The molecule has 1 aromatic heterocycles. The van der Waals surface area contributed by atoms with E-state index in [1.807, 2.05) is 12.1 Å². The first kappa shape index (κ1) is 19.7. The number of aromatic nitrogens is 1. The predicted octanol–water partition coefficient (Wildman–Crippen LogP) is 3.90. The van der Waals surface area contributed by atoms with E-state index in [4.69, 9.17) is 9.72 Å². The number of esters is 1. The number of carbonyl (C=O) groups excluding carboxylic acids is 1. The standard InChI is InChI=1S/C22H26N2O2.ClH/c1-26-22(25)14-17-9-7-16(8-10-17)13-18-15-21(24-11-2-3-12-24)23-20-6-4-5-19(18)20;/h7-10,15H,2-6,11-14H2,1H3;1H. The van der Waals surface area contributed by atoms with Crippen LogP contribution in [0.2, 0.25) is 0 Å². The van der Waals surface area contributed by atoms with Crippen LogP contribution in [0.5, 0.6) is 0 Å². The molecule has 144 valence electrons. The SMILES string of the molecule is COC(=O)Cc1ccc(Cc2cc(N3CCCC3)nc3c2CCC3)cc1.Cl. The lowest BCUT2D eigenvalue weighted by Crippen LogP contribution is -2.20. The lowest BCUT2D eigenvalue weighted by atomic mass is 9.98. The van der Waals surface area contributed by atoms with Gasteiger partial charge in [-0.05, 0) is 66.8 Å². The summed E-state index contributed by atoms with van der Waals surface area (Å²) in [4.78, 5) is 18.8. The van der Waals surface area contributed by atoms with Crippen molar-refractivity contribution in [2.24, 2.45) is 0 Å². The van der Waals surface area contributed by atoms with Gasteiger partial charge < -0.3 is 9.64 Å². The minimum Gasteiger partial charge on any atom is -0.469 e. The Bertz CT molecular complexity index is 799. The van der Waals surface area contributed by atoms with Crippen molar-refractivity contribution in [3.05, 3.63) is 58.3 Å². The summed E-state index contributed by atoms with van der Waals surface area (Å²) in [5, 5.41) is 0. The highest BCUT2D eigenvalue weighted by atomic mass is 35.5. The van der Waals surface area contributed by atoms with E-state index < -0.39 is 0 Å². The van der Waals surface area contributed by atoms with Gasteiger partial charge in [-0.25, -0.2) is 4.98 Å². The summed E-state index contributed by atoms with van der Waals surface area (Å²) in [6.07, 6.45) is 7.30. The van der Waals surface area contributed by atoms with Crippen LogP contribution < -0.4 is 4.90 Å². The summed E-state index contributed by atoms with van der Waals surface area (Å²) in [6, 6.07) is 10.7. The molecule has 4 rings (SSSR count). The number of rotatable bonds is 5. The quantitative estimate of drug-likeness (QED) is 0.731. The number of aryl methyl sites for hydroxylation is 1. The highest BCUT2D eigenvalue weighted by molar-refractivity contribution is 5.85. The molecule has 0 amide bonds. The maximum absolute atomic E-state index is 11.4. The van der Waals surface area contributed by atoms with Gasteiger partial charge in [0, 0.05) is 18.8 Å². The van der Waals surface area contributed by atoms with Gasteiger partial charge in [-0.2, -0.15) is 0 Å². The van der Waals surface area contributed by atoms with Crippen LogP contribution in [0.15, 0.2) is 30.3 Å². The summed E-state index contributed by atoms with van der Waals surface area (Å²) in [5.41, 5.74) is 6.48. The van der Waals surface area contributed by atoms with Gasteiger partial charge in [0.25, 0.3) is 0 Å². The molecule has 0 atom stereocenters. The number of carbonyl (C=O) groups is 1. The van der Waals surface area contributed by atoms with Crippen molar-refractivity contribution in [2.75, 3.05) is 25.1 Å². The van der Waals surface area contributed by atoms with E-state index >= 15 is 0 Å². The van der Waals surface area contributed by atoms with Gasteiger partial charge in [-0.3, -0.25) is 4.79 Å². The van der Waals surface area contributed by atoms with Crippen molar-refractivity contribution in [1.29, 1.82) is 0 Å². The molecular formula is C22H27ClN2O2. The van der Waals surface area contributed by atoms with Crippen LogP contribution in [0.25, 0.3) is 0 Å². The summed E-state index contributed by atoms with van der Waals surface area (Å²) in [5.74, 6) is 0.973. The Hall–Kier alpha value is -2.07. The molecular weight excluding hydrogens is 360 g/mol. The second-order valence-corrected chi connectivity index (χ2v) is 7.36. The van der Waals surface area contributed by atoms with Gasteiger partial charge >= 0.3 is 5.97 Å². The Morgan fingerprint density at radius 1 is 1.07 bits per heavy atom. The average Bonchev–Trinajstić information content (AvgIpc) is 3.34. The number of anilines is 1. The summed E-state index contributed by atoms with van der Waals surface area (Å²) >= 11 is 0. The van der Waals surface area contributed by atoms with E-state index in [2.05, 4.69) is 23.1 Å². The molecule has 1 aliphatic carbocycles. The molecule has 5 heteroatoms. The summed E-state index contributed by atoms with van der Waals surface area (Å²) < 4.78 is 4.74. The number of hydrogen-bond acceptors (Lipinski definition) is 4. The van der Waals surface area contributed by atoms with Crippen molar-refractivity contribution in [3.8, 4) is 0 Å². The number of methoxy groups -OCH3 is 1. The van der Waals surface area contributed by atoms with Crippen molar-refractivity contribution in [3.63, 3.8) is 0 Å². The first-order valence-electron chi connectivity index (χ1n) is 9.64. The Labute approximate surface area is 167 Å². The Morgan fingerprint density at radius 3 is 2.48 bits per heavy atom. The van der Waals surface area contributed by atoms with Crippen LogP contribution in [0.4, 0.5) is 5.82 Å². The minimum atomic E-state index is -0.194. The fraction of sp³-hybridized carbons (Fsp3) is 0.455. The van der Waals surface area contributed by atoms with Crippen molar-refractivity contribution in [1.82, 2.24) is 4.98 Å². The second kappa shape index (κ2) is 8.75. The molecule has 0 bridgehead atoms. The number of nitrogens with zero attached hydrogens (tertiary/aromatic N) is 2. The second-order valence-electron chi connectivity index (χ2n) is 7.36. The van der Waals surface area contributed by atoms with E-state index in [1.54, 1.807) is 0 Å². The predicted molar refractivity (Wildman–Crippen MR) is 110 cm³/mol. The number of ether oxygens (including phenoxy) is 1. The number of fused-ring (bicyclic) bond motifs is 1. The molecule has 2 aromatic rings. The van der Waals surface area contributed by atoms with Crippen LogP contribution in [0.3, 0.4) is 0 Å². The van der Waals surface area contributed by atoms with Crippen molar-refractivity contribution in [2.45, 2.75) is 44.9 Å². The Balaban J connectivity index is 0.00000210. The van der Waals surface area contributed by atoms with E-state index in [-0.39, 0.29) is 18.4 Å². The smallest absolute Gasteiger partial charge is 0.309 e. The van der Waals surface area contributed by atoms with Crippen LogP contribution in [0.1, 0.15) is 47.2 Å². The Kier molecular flexibility index (Phi) is 6.38. The molecule has 27 heavy (non-hydrogen) atoms. The summed E-state index contributed by atoms with van der Waals surface area (Å²) in [6.45, 7) is 2.26. The van der Waals surface area contributed by atoms with Gasteiger partial charge in [0.15, 0.2) is 0 Å². The van der Waals surface area contributed by atoms with Gasteiger partial charge in [0.05, 0.1) is 13.5 Å². The maximum atomic E-state index is 11.4. The third kappa shape index (κ3) is 4.44. The zero-order valence-corrected chi connectivity index (χ0v) is 16.7. The molecule has 1 fully saturated rings. The van der Waals surface area contributed by atoms with Crippen molar-refractivity contribution < 1.29 is 9.53 Å². The van der Waals surface area contributed by atoms with Gasteiger partial charge in [-0.15, -0.1) is 12.4 Å². The van der Waals surface area contributed by atoms with E-state index in [9.17, 15) is 4.79 Å². The fourth-order valence-electron chi connectivity index (χ4n) is 4.11. The number of hydrogen-bond donors (Lipinski definition) is 0. The van der Waals surface area contributed by atoms with Gasteiger partial charge in [-0.1, -0.05) is 24.3 Å². The maximum Gasteiger partial charge on any atom is 0.309 e. The number of benzene rings is 1. The molecule has 2 aliphatic rings. The lowest BCUT2D eigenvalue weighted by molar-refractivity contribution is -0.139. The zero-order chi connectivity index (χ0) is 17.9. The van der Waals surface area contributed by atoms with Crippen LogP contribution >= 0.6 is 12.4 Å². The fourth-order valence-corrected chi connectivity index (χ4v) is 4.11. The highest BCUT2D eigenvalue weighted by Crippen LogP contribution is 2.30. The third-order valence-electron chi connectivity index (χ3n) is 5.55. The van der Waals surface area contributed by atoms with E-state index in [1.165, 1.54) is 54.6 Å². The van der Waals surface area contributed by atoms with E-state index in [0.717, 1.165) is 37.9 Å². The molecule has 2 heterocycles. The first-order valence-corrected chi connectivity index (χ1v) is 9.64. The van der Waals surface area contributed by atoms with Crippen molar-refractivity contribution >= 4 is 24.2 Å². The molecule has 0 saturated carbocycles. The highest BCUT2D eigenvalue weighted by Gasteiger charge is 2.21. The van der Waals surface area contributed by atoms with Crippen LogP contribution in [0, 0.1) is 0 Å². The first-order chi connectivity index (χ1) is 12.7. The lowest BCUT2D eigenvalue weighted by Gasteiger charge is -2.19. The van der Waals surface area contributed by atoms with E-state index in [0.29, 0.717) is 6.42 Å². The molecule has 4 nitrogen and oxygen atoms in total. The topological polar surface area (TPSA) is 42.4 Å². The third-order valence-corrected chi connectivity index (χ3v) is 5.55. The molecule has 0 unspecified atom stereocenters. The van der Waals surface area contributed by atoms with Gasteiger partial charge in [0.1, 0.15) is 5.82 Å². The zero-order valence-electron chi connectivity index (χ0n) is 15.9. The van der Waals surface area contributed by atoms with Crippen LogP contribution in [-0.4, -0.2) is 31.2 Å².